The minimum Gasteiger partial charge on any atom is -0.492 e. The molecule has 6 heteroatoms. The summed E-state index contributed by atoms with van der Waals surface area (Å²) in [6.45, 7) is 2.92. The van der Waals surface area contributed by atoms with Crippen LogP contribution in [0.2, 0.25) is 5.02 Å². The summed E-state index contributed by atoms with van der Waals surface area (Å²) >= 11 is 5.89. The molecule has 1 aromatic carbocycles. The summed E-state index contributed by atoms with van der Waals surface area (Å²) in [5.74, 6) is 0.774. The van der Waals surface area contributed by atoms with Gasteiger partial charge in [0.25, 0.3) is 0 Å². The van der Waals surface area contributed by atoms with E-state index in [1.54, 1.807) is 6.07 Å². The van der Waals surface area contributed by atoms with Crippen molar-refractivity contribution in [2.24, 2.45) is 16.6 Å². The number of guanidine groups is 1. The van der Waals surface area contributed by atoms with Crippen molar-refractivity contribution in [3.05, 3.63) is 28.8 Å². The molecular formula is C10H15ClN4O. The Labute approximate surface area is 99.4 Å². The molecule has 1 rings (SSSR count). The number of aryl methyl sites for hydroxylation is 1. The predicted octanol–water partition coefficient (Wildman–Crippen LogP) is 0.805. The van der Waals surface area contributed by atoms with Crippen LogP contribution in [0.3, 0.4) is 0 Å². The zero-order valence-corrected chi connectivity index (χ0v) is 9.79. The molecule has 0 saturated heterocycles. The van der Waals surface area contributed by atoms with E-state index in [0.29, 0.717) is 13.2 Å². The van der Waals surface area contributed by atoms with E-state index < -0.39 is 0 Å². The Balaban J connectivity index is 2.32. The van der Waals surface area contributed by atoms with Gasteiger partial charge in [-0.15, -0.1) is 5.10 Å². The molecule has 0 spiro atoms. The van der Waals surface area contributed by atoms with Crippen molar-refractivity contribution in [1.29, 1.82) is 0 Å². The molecule has 16 heavy (non-hydrogen) atoms. The maximum Gasteiger partial charge on any atom is 0.208 e. The van der Waals surface area contributed by atoms with Crippen LogP contribution in [0.1, 0.15) is 5.56 Å². The third-order valence-electron chi connectivity index (χ3n) is 1.82. The van der Waals surface area contributed by atoms with E-state index >= 15 is 0 Å². The number of ether oxygens (including phenoxy) is 1. The Morgan fingerprint density at radius 1 is 1.50 bits per heavy atom. The van der Waals surface area contributed by atoms with Gasteiger partial charge in [0.15, 0.2) is 0 Å². The Bertz CT molecular complexity index is 377. The SMILES string of the molecule is Cc1cc(OCCNN=C(N)N)ccc1Cl. The van der Waals surface area contributed by atoms with E-state index in [9.17, 15) is 0 Å². The maximum absolute atomic E-state index is 5.89. The number of hydrogen-bond donors (Lipinski definition) is 3. The van der Waals surface area contributed by atoms with Gasteiger partial charge in [0.1, 0.15) is 12.4 Å². The molecule has 5 N–H and O–H groups in total. The van der Waals surface area contributed by atoms with Gasteiger partial charge in [-0.3, -0.25) is 0 Å². The summed E-state index contributed by atoms with van der Waals surface area (Å²) in [6.07, 6.45) is 0. The minimum atomic E-state index is 0.00216. The van der Waals surface area contributed by atoms with Crippen molar-refractivity contribution in [1.82, 2.24) is 5.43 Å². The molecule has 88 valence electrons. The van der Waals surface area contributed by atoms with Crippen molar-refractivity contribution >= 4 is 17.6 Å². The fourth-order valence-corrected chi connectivity index (χ4v) is 1.19. The highest BCUT2D eigenvalue weighted by atomic mass is 35.5. The van der Waals surface area contributed by atoms with Crippen molar-refractivity contribution < 1.29 is 4.74 Å². The first-order valence-corrected chi connectivity index (χ1v) is 5.18. The molecule has 0 aliphatic rings. The van der Waals surface area contributed by atoms with Crippen LogP contribution >= 0.6 is 11.6 Å². The molecule has 0 bridgehead atoms. The summed E-state index contributed by atoms with van der Waals surface area (Å²) in [6, 6.07) is 5.49. The maximum atomic E-state index is 5.89. The second-order valence-corrected chi connectivity index (χ2v) is 3.61. The van der Waals surface area contributed by atoms with Gasteiger partial charge in [0.05, 0.1) is 6.54 Å². The van der Waals surface area contributed by atoms with Gasteiger partial charge in [-0.05, 0) is 30.7 Å². The molecule has 0 amide bonds. The van der Waals surface area contributed by atoms with Crippen LogP contribution in [0.4, 0.5) is 0 Å². The van der Waals surface area contributed by atoms with Gasteiger partial charge in [-0.2, -0.15) is 0 Å². The van der Waals surface area contributed by atoms with Crippen LogP contribution in [0.15, 0.2) is 23.3 Å². The fourth-order valence-electron chi connectivity index (χ4n) is 1.07. The van der Waals surface area contributed by atoms with E-state index in [2.05, 4.69) is 10.5 Å². The zero-order chi connectivity index (χ0) is 12.0. The smallest absolute Gasteiger partial charge is 0.208 e. The van der Waals surface area contributed by atoms with Crippen LogP contribution in [0.25, 0.3) is 0 Å². The molecular weight excluding hydrogens is 228 g/mol. The molecule has 0 aliphatic heterocycles. The third-order valence-corrected chi connectivity index (χ3v) is 2.24. The molecule has 0 saturated carbocycles. The van der Waals surface area contributed by atoms with E-state index in [-0.39, 0.29) is 5.96 Å². The number of hydrazone groups is 1. The number of benzene rings is 1. The quantitative estimate of drug-likeness (QED) is 0.309. The number of nitrogens with one attached hydrogen (secondary N) is 1. The largest absolute Gasteiger partial charge is 0.492 e. The van der Waals surface area contributed by atoms with Crippen LogP contribution in [-0.2, 0) is 0 Å². The molecule has 0 atom stereocenters. The molecule has 0 radical (unpaired) electrons. The summed E-state index contributed by atoms with van der Waals surface area (Å²) in [7, 11) is 0. The van der Waals surface area contributed by atoms with Crippen LogP contribution in [0.5, 0.6) is 5.75 Å². The van der Waals surface area contributed by atoms with Crippen molar-refractivity contribution in [2.45, 2.75) is 6.92 Å². The predicted molar refractivity (Wildman–Crippen MR) is 65.5 cm³/mol. The minimum absolute atomic E-state index is 0.00216. The molecule has 5 nitrogen and oxygen atoms in total. The van der Waals surface area contributed by atoms with Gasteiger partial charge >= 0.3 is 0 Å². The molecule has 1 aromatic rings. The van der Waals surface area contributed by atoms with Crippen LogP contribution in [0, 0.1) is 6.92 Å². The lowest BCUT2D eigenvalue weighted by atomic mass is 10.2. The summed E-state index contributed by atoms with van der Waals surface area (Å²) in [5, 5.41) is 4.34. The average Bonchev–Trinajstić information content (AvgIpc) is 2.22. The number of hydrogen-bond acceptors (Lipinski definition) is 3. The number of nitrogens with zero attached hydrogens (tertiary/aromatic N) is 1. The first-order valence-electron chi connectivity index (χ1n) is 4.80. The lowest BCUT2D eigenvalue weighted by molar-refractivity contribution is 0.315. The first kappa shape index (κ1) is 12.4. The third kappa shape index (κ3) is 4.27. The lowest BCUT2D eigenvalue weighted by Gasteiger charge is -2.07. The molecule has 0 fully saturated rings. The van der Waals surface area contributed by atoms with E-state index in [4.69, 9.17) is 27.8 Å². The van der Waals surface area contributed by atoms with Crippen molar-refractivity contribution in [3.63, 3.8) is 0 Å². The van der Waals surface area contributed by atoms with Crippen LogP contribution < -0.4 is 21.6 Å². The van der Waals surface area contributed by atoms with E-state index in [1.807, 2.05) is 19.1 Å². The topological polar surface area (TPSA) is 85.7 Å². The molecule has 0 unspecified atom stereocenters. The Morgan fingerprint density at radius 2 is 2.25 bits per heavy atom. The van der Waals surface area contributed by atoms with Gasteiger partial charge in [-0.1, -0.05) is 11.6 Å². The average molecular weight is 243 g/mol. The first-order chi connectivity index (χ1) is 7.59. The fraction of sp³-hybridized carbons (Fsp3) is 0.300. The van der Waals surface area contributed by atoms with Crippen molar-refractivity contribution in [3.8, 4) is 5.75 Å². The number of nitrogens with two attached hydrogens (primary N) is 2. The Kier molecular flexibility index (Phi) is 4.72. The Hall–Kier alpha value is -1.62. The van der Waals surface area contributed by atoms with Gasteiger partial charge in [-0.25, -0.2) is 0 Å². The van der Waals surface area contributed by atoms with Gasteiger partial charge in [0, 0.05) is 5.02 Å². The number of rotatable bonds is 5. The van der Waals surface area contributed by atoms with E-state index in [1.165, 1.54) is 0 Å². The summed E-state index contributed by atoms with van der Waals surface area (Å²) < 4.78 is 5.45. The van der Waals surface area contributed by atoms with Crippen molar-refractivity contribution in [2.75, 3.05) is 13.2 Å². The normalized spacial score (nSPS) is 9.62. The second-order valence-electron chi connectivity index (χ2n) is 3.20. The highest BCUT2D eigenvalue weighted by Gasteiger charge is 1.97. The van der Waals surface area contributed by atoms with Gasteiger partial charge < -0.3 is 21.6 Å². The lowest BCUT2D eigenvalue weighted by Crippen LogP contribution is -2.27. The Morgan fingerprint density at radius 3 is 2.88 bits per heavy atom. The monoisotopic (exact) mass is 242 g/mol. The van der Waals surface area contributed by atoms with Gasteiger partial charge in [0.2, 0.25) is 5.96 Å². The zero-order valence-electron chi connectivity index (χ0n) is 9.03. The van der Waals surface area contributed by atoms with Crippen LogP contribution in [-0.4, -0.2) is 19.1 Å². The highest BCUT2D eigenvalue weighted by Crippen LogP contribution is 2.20. The second kappa shape index (κ2) is 6.07. The summed E-state index contributed by atoms with van der Waals surface area (Å²) in [5.41, 5.74) is 13.9. The number of halogens is 1. The highest BCUT2D eigenvalue weighted by molar-refractivity contribution is 6.31. The van der Waals surface area contributed by atoms with E-state index in [0.717, 1.165) is 16.3 Å². The standard InChI is InChI=1S/C10H15ClN4O/c1-7-6-8(2-3-9(7)11)16-5-4-14-15-10(12)13/h2-3,6,14H,4-5H2,1H3,(H4,12,13,15). The molecule has 0 aliphatic carbocycles. The summed E-state index contributed by atoms with van der Waals surface area (Å²) in [4.78, 5) is 0. The molecule has 0 aromatic heterocycles. The molecule has 0 heterocycles.